The number of aliphatic hydroxyl groups excluding tert-OH is 1. The highest BCUT2D eigenvalue weighted by Gasteiger charge is 2.11. The monoisotopic (exact) mass is 196 g/mol. The molecule has 0 fully saturated rings. The molecule has 0 aliphatic rings. The predicted molar refractivity (Wildman–Crippen MR) is 50.2 cm³/mol. The first-order chi connectivity index (χ1) is 6.63. The molecule has 0 bridgehead atoms. The molecule has 1 rings (SSSR count). The van der Waals surface area contributed by atoms with Gasteiger partial charge in [-0.15, -0.1) is 0 Å². The quantitative estimate of drug-likeness (QED) is 0.759. The van der Waals surface area contributed by atoms with Gasteiger partial charge in [-0.2, -0.15) is 0 Å². The van der Waals surface area contributed by atoms with Crippen LogP contribution in [0.25, 0.3) is 0 Å². The minimum Gasteiger partial charge on any atom is -0.497 e. The number of carboxylic acid groups (broad SMARTS) is 1. The zero-order chi connectivity index (χ0) is 10.6. The lowest BCUT2D eigenvalue weighted by molar-refractivity contribution is -0.139. The minimum absolute atomic E-state index is 0.285. The first-order valence-corrected chi connectivity index (χ1v) is 4.17. The van der Waals surface area contributed by atoms with Crippen LogP contribution in [0, 0.1) is 0 Å². The van der Waals surface area contributed by atoms with E-state index in [2.05, 4.69) is 0 Å². The Kier molecular flexibility index (Phi) is 3.48. The normalized spacial score (nSPS) is 12.1. The molecule has 0 aliphatic carbocycles. The van der Waals surface area contributed by atoms with E-state index in [0.29, 0.717) is 11.3 Å². The van der Waals surface area contributed by atoms with Crippen molar-refractivity contribution in [3.05, 3.63) is 29.8 Å². The van der Waals surface area contributed by atoms with Gasteiger partial charge >= 0.3 is 5.97 Å². The zero-order valence-electron chi connectivity index (χ0n) is 7.80. The first-order valence-electron chi connectivity index (χ1n) is 4.17. The van der Waals surface area contributed by atoms with Crippen molar-refractivity contribution < 1.29 is 19.7 Å². The average molecular weight is 196 g/mol. The number of carbonyl (C=O) groups is 1. The van der Waals surface area contributed by atoms with Gasteiger partial charge in [-0.05, 0) is 17.7 Å². The molecule has 1 aromatic carbocycles. The number of rotatable bonds is 4. The van der Waals surface area contributed by atoms with E-state index in [9.17, 15) is 9.90 Å². The molecule has 76 valence electrons. The maximum Gasteiger partial charge on any atom is 0.306 e. The molecule has 0 heterocycles. The Labute approximate surface area is 81.8 Å². The number of ether oxygens (including phenoxy) is 1. The summed E-state index contributed by atoms with van der Waals surface area (Å²) in [6.07, 6.45) is -1.25. The summed E-state index contributed by atoms with van der Waals surface area (Å²) >= 11 is 0. The van der Waals surface area contributed by atoms with Crippen LogP contribution in [0.15, 0.2) is 24.3 Å². The molecule has 0 spiro atoms. The zero-order valence-corrected chi connectivity index (χ0v) is 7.80. The Morgan fingerprint density at radius 2 is 2.00 bits per heavy atom. The second-order valence-corrected chi connectivity index (χ2v) is 2.89. The molecular formula is C10H12O4. The largest absolute Gasteiger partial charge is 0.497 e. The summed E-state index contributed by atoms with van der Waals surface area (Å²) in [4.78, 5) is 10.3. The lowest BCUT2D eigenvalue weighted by atomic mass is 10.1. The summed E-state index contributed by atoms with van der Waals surface area (Å²) < 4.78 is 4.93. The second kappa shape index (κ2) is 4.62. The number of hydrogen-bond donors (Lipinski definition) is 2. The molecule has 4 nitrogen and oxygen atoms in total. The van der Waals surface area contributed by atoms with E-state index in [1.54, 1.807) is 31.4 Å². The number of methoxy groups -OCH3 is 1. The Morgan fingerprint density at radius 1 is 1.43 bits per heavy atom. The summed E-state index contributed by atoms with van der Waals surface area (Å²) in [5, 5.41) is 17.9. The molecular weight excluding hydrogens is 184 g/mol. The van der Waals surface area contributed by atoms with Gasteiger partial charge in [0.2, 0.25) is 0 Å². The smallest absolute Gasteiger partial charge is 0.306 e. The van der Waals surface area contributed by atoms with E-state index in [-0.39, 0.29) is 6.42 Å². The Morgan fingerprint density at radius 3 is 2.43 bits per heavy atom. The molecule has 1 aromatic rings. The van der Waals surface area contributed by atoms with Crippen LogP contribution in [0.3, 0.4) is 0 Å². The molecule has 0 unspecified atom stereocenters. The van der Waals surface area contributed by atoms with Gasteiger partial charge in [0.25, 0.3) is 0 Å². The molecule has 0 aliphatic heterocycles. The molecule has 0 saturated carbocycles. The van der Waals surface area contributed by atoms with Crippen molar-refractivity contribution in [3.8, 4) is 5.75 Å². The van der Waals surface area contributed by atoms with E-state index >= 15 is 0 Å². The summed E-state index contributed by atoms with van der Waals surface area (Å²) in [6.45, 7) is 0. The number of aliphatic hydroxyl groups is 1. The third-order valence-electron chi connectivity index (χ3n) is 1.87. The minimum atomic E-state index is -1.02. The Hall–Kier alpha value is -1.55. The highest BCUT2D eigenvalue weighted by molar-refractivity contribution is 5.67. The maximum atomic E-state index is 10.3. The standard InChI is InChI=1S/C10H12O4/c1-14-8-4-2-7(3-5-8)9(11)6-10(12)13/h2-5,9,11H,6H2,1H3,(H,12,13)/t9-/m1/s1. The number of aliphatic carboxylic acids is 1. The molecule has 4 heteroatoms. The number of carboxylic acids is 1. The van der Waals surface area contributed by atoms with Crippen LogP contribution in [0.4, 0.5) is 0 Å². The van der Waals surface area contributed by atoms with Crippen molar-refractivity contribution in [2.75, 3.05) is 7.11 Å². The molecule has 1 atom stereocenters. The topological polar surface area (TPSA) is 66.8 Å². The van der Waals surface area contributed by atoms with Gasteiger partial charge in [0.15, 0.2) is 0 Å². The van der Waals surface area contributed by atoms with Gasteiger partial charge < -0.3 is 14.9 Å². The average Bonchev–Trinajstić information content (AvgIpc) is 2.17. The van der Waals surface area contributed by atoms with Crippen LogP contribution < -0.4 is 4.74 Å². The summed E-state index contributed by atoms with van der Waals surface area (Å²) in [5.74, 6) is -0.343. The number of benzene rings is 1. The van der Waals surface area contributed by atoms with E-state index in [0.717, 1.165) is 0 Å². The fraction of sp³-hybridized carbons (Fsp3) is 0.300. The maximum absolute atomic E-state index is 10.3. The van der Waals surface area contributed by atoms with Crippen LogP contribution in [0.5, 0.6) is 5.75 Å². The highest BCUT2D eigenvalue weighted by Crippen LogP contribution is 2.19. The lowest BCUT2D eigenvalue weighted by Gasteiger charge is -2.08. The van der Waals surface area contributed by atoms with Gasteiger partial charge in [0, 0.05) is 0 Å². The van der Waals surface area contributed by atoms with Crippen molar-refractivity contribution in [1.29, 1.82) is 0 Å². The highest BCUT2D eigenvalue weighted by atomic mass is 16.5. The van der Waals surface area contributed by atoms with Crippen molar-refractivity contribution in [2.45, 2.75) is 12.5 Å². The van der Waals surface area contributed by atoms with Crippen molar-refractivity contribution >= 4 is 5.97 Å². The van der Waals surface area contributed by atoms with E-state index in [4.69, 9.17) is 9.84 Å². The molecule has 0 aromatic heterocycles. The predicted octanol–water partition coefficient (Wildman–Crippen LogP) is 1.20. The molecule has 0 radical (unpaired) electrons. The fourth-order valence-electron chi connectivity index (χ4n) is 1.11. The van der Waals surface area contributed by atoms with Gasteiger partial charge in [-0.1, -0.05) is 12.1 Å². The molecule has 2 N–H and O–H groups in total. The molecule has 0 saturated heterocycles. The van der Waals surface area contributed by atoms with Crippen molar-refractivity contribution in [3.63, 3.8) is 0 Å². The van der Waals surface area contributed by atoms with Crippen LogP contribution >= 0.6 is 0 Å². The van der Waals surface area contributed by atoms with Crippen LogP contribution in [-0.2, 0) is 4.79 Å². The fourth-order valence-corrected chi connectivity index (χ4v) is 1.11. The Balaban J connectivity index is 2.71. The van der Waals surface area contributed by atoms with Gasteiger partial charge in [0.05, 0.1) is 19.6 Å². The Bertz CT molecular complexity index is 304. The summed E-state index contributed by atoms with van der Waals surface area (Å²) in [7, 11) is 1.54. The van der Waals surface area contributed by atoms with Crippen LogP contribution in [-0.4, -0.2) is 23.3 Å². The van der Waals surface area contributed by atoms with Gasteiger partial charge in [0.1, 0.15) is 5.75 Å². The third kappa shape index (κ3) is 2.74. The van der Waals surface area contributed by atoms with Gasteiger partial charge in [-0.25, -0.2) is 0 Å². The van der Waals surface area contributed by atoms with Crippen LogP contribution in [0.2, 0.25) is 0 Å². The van der Waals surface area contributed by atoms with Crippen molar-refractivity contribution in [2.24, 2.45) is 0 Å². The molecule has 14 heavy (non-hydrogen) atoms. The van der Waals surface area contributed by atoms with Gasteiger partial charge in [-0.3, -0.25) is 4.79 Å². The van der Waals surface area contributed by atoms with Crippen LogP contribution in [0.1, 0.15) is 18.1 Å². The summed E-state index contributed by atoms with van der Waals surface area (Å²) in [5.41, 5.74) is 0.577. The van der Waals surface area contributed by atoms with E-state index < -0.39 is 12.1 Å². The van der Waals surface area contributed by atoms with E-state index in [1.165, 1.54) is 0 Å². The lowest BCUT2D eigenvalue weighted by Crippen LogP contribution is -2.05. The summed E-state index contributed by atoms with van der Waals surface area (Å²) in [6, 6.07) is 6.65. The second-order valence-electron chi connectivity index (χ2n) is 2.89. The van der Waals surface area contributed by atoms with E-state index in [1.807, 2.05) is 0 Å². The number of hydrogen-bond acceptors (Lipinski definition) is 3. The SMILES string of the molecule is COc1ccc([C@H](O)CC(=O)O)cc1. The third-order valence-corrected chi connectivity index (χ3v) is 1.87. The molecule has 0 amide bonds. The first kappa shape index (κ1) is 10.5. The van der Waals surface area contributed by atoms with Crippen molar-refractivity contribution in [1.82, 2.24) is 0 Å².